The second kappa shape index (κ2) is 7.11. The van der Waals surface area contributed by atoms with Gasteiger partial charge in [-0.3, -0.25) is 9.78 Å². The molecule has 2 heterocycles. The first kappa shape index (κ1) is 17.8. The molecule has 0 spiro atoms. The van der Waals surface area contributed by atoms with Gasteiger partial charge in [-0.15, -0.1) is 0 Å². The molecule has 0 unspecified atom stereocenters. The molecule has 3 rings (SSSR count). The molecule has 1 saturated heterocycles. The summed E-state index contributed by atoms with van der Waals surface area (Å²) in [5, 5.41) is 9.03. The third-order valence-corrected chi connectivity index (χ3v) is 4.66. The highest BCUT2D eigenvalue weighted by atomic mass is 19.1. The number of nitrogens with zero attached hydrogens (tertiary/aromatic N) is 2. The zero-order valence-electron chi connectivity index (χ0n) is 14.3. The summed E-state index contributed by atoms with van der Waals surface area (Å²) in [6.45, 7) is 0.455. The maximum Gasteiger partial charge on any atom is 0.335 e. The van der Waals surface area contributed by atoms with Gasteiger partial charge in [-0.2, -0.15) is 0 Å². The van der Waals surface area contributed by atoms with E-state index in [1.54, 1.807) is 24.3 Å². The lowest BCUT2D eigenvalue weighted by Gasteiger charge is -2.36. The third-order valence-electron chi connectivity index (χ3n) is 4.66. The van der Waals surface area contributed by atoms with Gasteiger partial charge in [0, 0.05) is 32.1 Å². The topological polar surface area (TPSA) is 79.7 Å². The number of hydrogen-bond acceptors (Lipinski definition) is 4. The Bertz CT molecular complexity index is 832. The first-order valence-electron chi connectivity index (χ1n) is 8.25. The molecule has 0 aliphatic carbocycles. The molecule has 136 valence electrons. The monoisotopic (exact) mass is 358 g/mol. The first-order valence-corrected chi connectivity index (χ1v) is 8.25. The summed E-state index contributed by atoms with van der Waals surface area (Å²) in [5.41, 5.74) is -0.939. The number of carbonyl (C=O) groups is 2. The number of amides is 1. The Hall–Kier alpha value is -2.96. The number of aromatic carboxylic acids is 1. The average molecular weight is 358 g/mol. The molecule has 7 heteroatoms. The average Bonchev–Trinajstić information content (AvgIpc) is 2.68. The number of carboxylic acids is 1. The highest BCUT2D eigenvalue weighted by Crippen LogP contribution is 2.38. The van der Waals surface area contributed by atoms with Crippen molar-refractivity contribution in [3.05, 3.63) is 59.4 Å². The summed E-state index contributed by atoms with van der Waals surface area (Å²) < 4.78 is 20.5. The highest BCUT2D eigenvalue weighted by molar-refractivity contribution is 5.95. The van der Waals surface area contributed by atoms with Crippen molar-refractivity contribution in [3.8, 4) is 5.75 Å². The Morgan fingerprint density at radius 3 is 2.62 bits per heavy atom. The van der Waals surface area contributed by atoms with Crippen LogP contribution in [0.15, 0.2) is 42.6 Å². The summed E-state index contributed by atoms with van der Waals surface area (Å²) >= 11 is 0. The SMILES string of the molecule is COc1cccc(C2(F)CCN(C(=O)c3cc(C(=O)O)ccn3)CC2)c1. The fourth-order valence-electron chi connectivity index (χ4n) is 3.10. The van der Waals surface area contributed by atoms with Gasteiger partial charge in [0.25, 0.3) is 5.91 Å². The van der Waals surface area contributed by atoms with E-state index in [0.717, 1.165) is 0 Å². The molecule has 6 nitrogen and oxygen atoms in total. The molecule has 1 aromatic carbocycles. The van der Waals surface area contributed by atoms with Crippen molar-refractivity contribution in [2.75, 3.05) is 20.2 Å². The Kier molecular flexibility index (Phi) is 4.88. The van der Waals surface area contributed by atoms with Crippen LogP contribution in [0.25, 0.3) is 0 Å². The lowest BCUT2D eigenvalue weighted by molar-refractivity contribution is 0.0416. The van der Waals surface area contributed by atoms with Gasteiger partial charge in [0.1, 0.15) is 17.1 Å². The molecule has 0 radical (unpaired) electrons. The number of alkyl halides is 1. The Morgan fingerprint density at radius 1 is 1.23 bits per heavy atom. The Labute approximate surface area is 150 Å². The van der Waals surface area contributed by atoms with E-state index in [9.17, 15) is 9.59 Å². The summed E-state index contributed by atoms with van der Waals surface area (Å²) in [5.74, 6) is -0.922. The van der Waals surface area contributed by atoms with Crippen molar-refractivity contribution < 1.29 is 23.8 Å². The quantitative estimate of drug-likeness (QED) is 0.909. The number of benzene rings is 1. The molecule has 1 aromatic heterocycles. The van der Waals surface area contributed by atoms with Crippen LogP contribution in [-0.4, -0.2) is 47.1 Å². The minimum Gasteiger partial charge on any atom is -0.497 e. The number of halogens is 1. The number of hydrogen-bond donors (Lipinski definition) is 1. The van der Waals surface area contributed by atoms with Crippen LogP contribution in [0.4, 0.5) is 4.39 Å². The van der Waals surface area contributed by atoms with Crippen molar-refractivity contribution >= 4 is 11.9 Å². The van der Waals surface area contributed by atoms with Gasteiger partial charge in [0.15, 0.2) is 0 Å². The van der Waals surface area contributed by atoms with Crippen molar-refractivity contribution in [2.24, 2.45) is 0 Å². The number of ether oxygens (including phenoxy) is 1. The maximum absolute atomic E-state index is 15.3. The number of methoxy groups -OCH3 is 1. The largest absolute Gasteiger partial charge is 0.497 e. The van der Waals surface area contributed by atoms with Crippen LogP contribution >= 0.6 is 0 Å². The molecule has 2 aromatic rings. The Balaban J connectivity index is 1.72. The van der Waals surface area contributed by atoms with E-state index in [0.29, 0.717) is 11.3 Å². The fraction of sp³-hybridized carbons (Fsp3) is 0.316. The predicted octanol–water partition coefficient (Wildman–Crippen LogP) is 2.89. The fourth-order valence-corrected chi connectivity index (χ4v) is 3.10. The summed E-state index contributed by atoms with van der Waals surface area (Å²) in [6.07, 6.45) is 1.60. The van der Waals surface area contributed by atoms with Crippen molar-refractivity contribution in [1.29, 1.82) is 0 Å². The van der Waals surface area contributed by atoms with Gasteiger partial charge in [0.05, 0.1) is 12.7 Å². The zero-order chi connectivity index (χ0) is 18.7. The number of carboxylic acid groups (broad SMARTS) is 1. The van der Waals surface area contributed by atoms with Crippen LogP contribution in [-0.2, 0) is 5.67 Å². The molecule has 1 N–H and O–H groups in total. The number of piperidine rings is 1. The van der Waals surface area contributed by atoms with Gasteiger partial charge >= 0.3 is 5.97 Å². The van der Waals surface area contributed by atoms with Crippen molar-refractivity contribution in [1.82, 2.24) is 9.88 Å². The standard InChI is InChI=1S/C19H19FN2O4/c1-26-15-4-2-3-14(12-15)19(20)6-9-22(10-7-19)17(23)16-11-13(18(24)25)5-8-21-16/h2-5,8,11-12H,6-7,9-10H2,1H3,(H,24,25). The van der Waals surface area contributed by atoms with E-state index in [2.05, 4.69) is 4.98 Å². The van der Waals surface area contributed by atoms with Crippen molar-refractivity contribution in [3.63, 3.8) is 0 Å². The van der Waals surface area contributed by atoms with Crippen LogP contribution in [0.2, 0.25) is 0 Å². The summed E-state index contributed by atoms with van der Waals surface area (Å²) in [7, 11) is 1.53. The van der Waals surface area contributed by atoms with Gasteiger partial charge in [-0.25, -0.2) is 9.18 Å². The molecule has 0 bridgehead atoms. The lowest BCUT2D eigenvalue weighted by atomic mass is 9.86. The van der Waals surface area contributed by atoms with Crippen LogP contribution < -0.4 is 4.74 Å². The number of aromatic nitrogens is 1. The van der Waals surface area contributed by atoms with Crippen LogP contribution in [0.1, 0.15) is 39.3 Å². The highest BCUT2D eigenvalue weighted by Gasteiger charge is 2.38. The van der Waals surface area contributed by atoms with E-state index in [1.807, 2.05) is 0 Å². The number of rotatable bonds is 4. The Morgan fingerprint density at radius 2 is 1.96 bits per heavy atom. The molecule has 1 aliphatic rings. The molecule has 1 aliphatic heterocycles. The van der Waals surface area contributed by atoms with Gasteiger partial charge in [-0.1, -0.05) is 12.1 Å². The van der Waals surface area contributed by atoms with E-state index in [-0.39, 0.29) is 43.1 Å². The van der Waals surface area contributed by atoms with Crippen LogP contribution in [0.5, 0.6) is 5.75 Å². The molecule has 26 heavy (non-hydrogen) atoms. The smallest absolute Gasteiger partial charge is 0.335 e. The second-order valence-electron chi connectivity index (χ2n) is 6.22. The number of pyridine rings is 1. The molecule has 1 fully saturated rings. The molecular formula is C19H19FN2O4. The van der Waals surface area contributed by atoms with Gasteiger partial charge < -0.3 is 14.7 Å². The maximum atomic E-state index is 15.3. The minimum absolute atomic E-state index is 0.00317. The second-order valence-corrected chi connectivity index (χ2v) is 6.22. The molecule has 0 saturated carbocycles. The molecule has 1 amide bonds. The number of carbonyl (C=O) groups excluding carboxylic acids is 1. The normalized spacial score (nSPS) is 16.2. The lowest BCUT2D eigenvalue weighted by Crippen LogP contribution is -2.43. The van der Waals surface area contributed by atoms with E-state index in [4.69, 9.17) is 9.84 Å². The predicted molar refractivity (Wildman–Crippen MR) is 92.1 cm³/mol. The minimum atomic E-state index is -1.53. The summed E-state index contributed by atoms with van der Waals surface area (Å²) in [4.78, 5) is 29.0. The van der Waals surface area contributed by atoms with Gasteiger partial charge in [-0.05, 0) is 29.8 Å². The van der Waals surface area contributed by atoms with Crippen LogP contribution in [0.3, 0.4) is 0 Å². The zero-order valence-corrected chi connectivity index (χ0v) is 14.3. The molecule has 0 atom stereocenters. The van der Waals surface area contributed by atoms with Crippen molar-refractivity contribution in [2.45, 2.75) is 18.5 Å². The van der Waals surface area contributed by atoms with E-state index < -0.39 is 11.6 Å². The van der Waals surface area contributed by atoms with E-state index >= 15 is 4.39 Å². The third kappa shape index (κ3) is 3.51. The molecular weight excluding hydrogens is 339 g/mol. The summed E-state index contributed by atoms with van der Waals surface area (Å²) in [6, 6.07) is 9.46. The van der Waals surface area contributed by atoms with E-state index in [1.165, 1.54) is 30.3 Å². The van der Waals surface area contributed by atoms with Crippen LogP contribution in [0, 0.1) is 0 Å². The number of likely N-dealkylation sites (tertiary alicyclic amines) is 1. The van der Waals surface area contributed by atoms with Gasteiger partial charge in [0.2, 0.25) is 0 Å². The first-order chi connectivity index (χ1) is 12.4.